The van der Waals surface area contributed by atoms with Crippen LogP contribution in [0.25, 0.3) is 0 Å². The maximum absolute atomic E-state index is 11.7. The molecule has 88 valence electrons. The van der Waals surface area contributed by atoms with Gasteiger partial charge in [-0.25, -0.2) is 0 Å². The summed E-state index contributed by atoms with van der Waals surface area (Å²) in [6, 6.07) is 7.71. The molecule has 2 aromatic rings. The van der Waals surface area contributed by atoms with Gasteiger partial charge in [-0.3, -0.25) is 4.79 Å². The van der Waals surface area contributed by atoms with Crippen molar-refractivity contribution in [1.29, 1.82) is 0 Å². The molecule has 0 unspecified atom stereocenters. The highest BCUT2D eigenvalue weighted by atomic mass is 16.2. The van der Waals surface area contributed by atoms with Crippen molar-refractivity contribution < 1.29 is 4.79 Å². The second-order valence-electron chi connectivity index (χ2n) is 3.53. The van der Waals surface area contributed by atoms with Gasteiger partial charge in [-0.15, -0.1) is 10.2 Å². The zero-order valence-corrected chi connectivity index (χ0v) is 9.50. The number of amides is 1. The zero-order chi connectivity index (χ0) is 12.1. The van der Waals surface area contributed by atoms with E-state index in [0.717, 1.165) is 17.7 Å². The molecule has 0 saturated heterocycles. The molecule has 0 atom stereocenters. The highest BCUT2D eigenvalue weighted by Gasteiger charge is 2.07. The molecule has 0 saturated carbocycles. The maximum atomic E-state index is 11.7. The predicted octanol–water partition coefficient (Wildman–Crippen LogP) is 0.874. The first kappa shape index (κ1) is 11.3. The summed E-state index contributed by atoms with van der Waals surface area (Å²) in [7, 11) is 0. The average Bonchev–Trinajstić information content (AvgIpc) is 2.82. The summed E-state index contributed by atoms with van der Waals surface area (Å²) in [6.45, 7) is 2.11. The Morgan fingerprint density at radius 2 is 2.24 bits per heavy atom. The fourth-order valence-electron chi connectivity index (χ4n) is 1.53. The van der Waals surface area contributed by atoms with Gasteiger partial charge in [0, 0.05) is 5.69 Å². The van der Waals surface area contributed by atoms with Crippen LogP contribution in [0, 0.1) is 0 Å². The number of hydrogen-bond acceptors (Lipinski definition) is 4. The van der Waals surface area contributed by atoms with Crippen LogP contribution in [0.1, 0.15) is 12.5 Å². The van der Waals surface area contributed by atoms with Crippen molar-refractivity contribution in [3.8, 4) is 0 Å². The van der Waals surface area contributed by atoms with Gasteiger partial charge in [0.05, 0.1) is 0 Å². The quantitative estimate of drug-likeness (QED) is 0.847. The SMILES string of the molecule is CCc1ccccc1NC(=O)Cn1ncnn1. The number of nitrogens with one attached hydrogen (secondary N) is 1. The summed E-state index contributed by atoms with van der Waals surface area (Å²) < 4.78 is 0. The summed E-state index contributed by atoms with van der Waals surface area (Å²) in [6.07, 6.45) is 2.17. The molecule has 0 aliphatic rings. The second-order valence-corrected chi connectivity index (χ2v) is 3.53. The molecule has 6 nitrogen and oxygen atoms in total. The summed E-state index contributed by atoms with van der Waals surface area (Å²) in [5.74, 6) is -0.163. The Balaban J connectivity index is 2.03. The summed E-state index contributed by atoms with van der Waals surface area (Å²) in [4.78, 5) is 12.9. The molecular formula is C11H13N5O. The van der Waals surface area contributed by atoms with Crippen LogP contribution in [0.5, 0.6) is 0 Å². The second kappa shape index (κ2) is 5.20. The number of nitrogens with zero attached hydrogens (tertiary/aromatic N) is 4. The van der Waals surface area contributed by atoms with Crippen LogP contribution in [0.15, 0.2) is 30.6 Å². The van der Waals surface area contributed by atoms with Crippen molar-refractivity contribution in [3.63, 3.8) is 0 Å². The lowest BCUT2D eigenvalue weighted by molar-refractivity contribution is -0.117. The van der Waals surface area contributed by atoms with Crippen molar-refractivity contribution in [3.05, 3.63) is 36.2 Å². The number of benzene rings is 1. The van der Waals surface area contributed by atoms with Gasteiger partial charge in [0.1, 0.15) is 6.54 Å². The normalized spacial score (nSPS) is 10.2. The van der Waals surface area contributed by atoms with E-state index < -0.39 is 0 Å². The number of para-hydroxylation sites is 1. The van der Waals surface area contributed by atoms with Gasteiger partial charge in [-0.2, -0.15) is 4.80 Å². The standard InChI is InChI=1S/C11H13N5O/c1-2-9-5-3-4-6-10(9)14-11(17)7-16-13-8-12-15-16/h3-6,8H,2,7H2,1H3,(H,14,17). The summed E-state index contributed by atoms with van der Waals surface area (Å²) >= 11 is 0. The number of aryl methyl sites for hydroxylation is 1. The van der Waals surface area contributed by atoms with Crippen molar-refractivity contribution in [2.45, 2.75) is 19.9 Å². The molecule has 0 spiro atoms. The third-order valence-corrected chi connectivity index (χ3v) is 2.35. The van der Waals surface area contributed by atoms with Crippen molar-refractivity contribution in [2.75, 3.05) is 5.32 Å². The van der Waals surface area contributed by atoms with E-state index in [1.54, 1.807) is 0 Å². The Labute approximate surface area is 98.6 Å². The summed E-state index contributed by atoms with van der Waals surface area (Å²) in [5, 5.41) is 13.8. The number of anilines is 1. The first-order chi connectivity index (χ1) is 8.29. The van der Waals surface area contributed by atoms with E-state index in [9.17, 15) is 4.79 Å². The number of rotatable bonds is 4. The number of carbonyl (C=O) groups excluding carboxylic acids is 1. The first-order valence-corrected chi connectivity index (χ1v) is 5.38. The highest BCUT2D eigenvalue weighted by molar-refractivity contribution is 5.91. The zero-order valence-electron chi connectivity index (χ0n) is 9.50. The predicted molar refractivity (Wildman–Crippen MR) is 62.3 cm³/mol. The molecule has 0 aliphatic heterocycles. The van der Waals surface area contributed by atoms with Gasteiger partial charge >= 0.3 is 0 Å². The van der Waals surface area contributed by atoms with E-state index in [4.69, 9.17) is 0 Å². The van der Waals surface area contributed by atoms with Crippen molar-refractivity contribution >= 4 is 11.6 Å². The van der Waals surface area contributed by atoms with Crippen LogP contribution in [-0.2, 0) is 17.8 Å². The van der Waals surface area contributed by atoms with Crippen LogP contribution >= 0.6 is 0 Å². The topological polar surface area (TPSA) is 72.7 Å². The Hall–Kier alpha value is -2.24. The molecule has 1 amide bonds. The first-order valence-electron chi connectivity index (χ1n) is 5.38. The number of carbonyl (C=O) groups is 1. The molecule has 1 heterocycles. The molecular weight excluding hydrogens is 218 g/mol. The average molecular weight is 231 g/mol. The van der Waals surface area contributed by atoms with Crippen LogP contribution in [0.3, 0.4) is 0 Å². The molecule has 0 radical (unpaired) electrons. The highest BCUT2D eigenvalue weighted by Crippen LogP contribution is 2.15. The lowest BCUT2D eigenvalue weighted by atomic mass is 10.1. The fraction of sp³-hybridized carbons (Fsp3) is 0.273. The fourth-order valence-corrected chi connectivity index (χ4v) is 1.53. The van der Waals surface area contributed by atoms with Crippen LogP contribution in [0.2, 0.25) is 0 Å². The molecule has 6 heteroatoms. The molecule has 1 aromatic heterocycles. The largest absolute Gasteiger partial charge is 0.324 e. The van der Waals surface area contributed by atoms with Gasteiger partial charge in [0.2, 0.25) is 5.91 Å². The molecule has 0 fully saturated rings. The molecule has 1 N–H and O–H groups in total. The number of aromatic nitrogens is 4. The smallest absolute Gasteiger partial charge is 0.248 e. The third kappa shape index (κ3) is 2.87. The lowest BCUT2D eigenvalue weighted by Crippen LogP contribution is -2.21. The van der Waals surface area contributed by atoms with Crippen molar-refractivity contribution in [2.24, 2.45) is 0 Å². The van der Waals surface area contributed by atoms with E-state index in [1.807, 2.05) is 31.2 Å². The maximum Gasteiger partial charge on any atom is 0.248 e. The van der Waals surface area contributed by atoms with Crippen LogP contribution in [0.4, 0.5) is 5.69 Å². The Morgan fingerprint density at radius 3 is 2.94 bits per heavy atom. The Kier molecular flexibility index (Phi) is 3.44. The van der Waals surface area contributed by atoms with E-state index in [0.29, 0.717) is 0 Å². The van der Waals surface area contributed by atoms with Crippen LogP contribution < -0.4 is 5.32 Å². The molecule has 0 bridgehead atoms. The lowest BCUT2D eigenvalue weighted by Gasteiger charge is -2.08. The minimum Gasteiger partial charge on any atom is -0.324 e. The van der Waals surface area contributed by atoms with Gasteiger partial charge in [0.25, 0.3) is 0 Å². The Bertz CT molecular complexity index is 494. The minimum atomic E-state index is -0.163. The van der Waals surface area contributed by atoms with Gasteiger partial charge in [-0.1, -0.05) is 25.1 Å². The Morgan fingerprint density at radius 1 is 1.41 bits per heavy atom. The third-order valence-electron chi connectivity index (χ3n) is 2.35. The minimum absolute atomic E-state index is 0.0675. The van der Waals surface area contributed by atoms with E-state index in [2.05, 4.69) is 20.7 Å². The van der Waals surface area contributed by atoms with E-state index in [1.165, 1.54) is 11.1 Å². The molecule has 2 rings (SSSR count). The molecule has 0 aliphatic carbocycles. The van der Waals surface area contributed by atoms with Crippen molar-refractivity contribution in [1.82, 2.24) is 20.2 Å². The monoisotopic (exact) mass is 231 g/mol. The van der Waals surface area contributed by atoms with Gasteiger partial charge < -0.3 is 5.32 Å². The molecule has 1 aromatic carbocycles. The van der Waals surface area contributed by atoms with Crippen LogP contribution in [-0.4, -0.2) is 26.1 Å². The number of tetrazole rings is 1. The molecule has 17 heavy (non-hydrogen) atoms. The van der Waals surface area contributed by atoms with Gasteiger partial charge in [-0.05, 0) is 23.3 Å². The van der Waals surface area contributed by atoms with Gasteiger partial charge in [0.15, 0.2) is 6.33 Å². The van der Waals surface area contributed by atoms with E-state index >= 15 is 0 Å². The summed E-state index contributed by atoms with van der Waals surface area (Å²) in [5.41, 5.74) is 1.94. The number of hydrogen-bond donors (Lipinski definition) is 1. The van der Waals surface area contributed by atoms with E-state index in [-0.39, 0.29) is 12.5 Å².